The van der Waals surface area contributed by atoms with Gasteiger partial charge >= 0.3 is 0 Å². The molecular weight excluding hydrogens is 303 g/mol. The molecule has 0 saturated carbocycles. The highest BCUT2D eigenvalue weighted by atomic mass is 19.1. The van der Waals surface area contributed by atoms with Crippen LogP contribution in [0.4, 0.5) is 10.1 Å². The SMILES string of the molecule is [C-]#[N+]c1ccc2c(c1)oc1c(-c3cccc[n+]3C)c(C)cc(F)c12. The minimum absolute atomic E-state index is 0.306. The van der Waals surface area contributed by atoms with Gasteiger partial charge < -0.3 is 4.42 Å². The molecule has 0 amide bonds. The van der Waals surface area contributed by atoms with Crippen molar-refractivity contribution in [2.45, 2.75) is 6.92 Å². The molecule has 24 heavy (non-hydrogen) atoms. The second kappa shape index (κ2) is 5.17. The van der Waals surface area contributed by atoms with E-state index in [1.807, 2.05) is 42.9 Å². The van der Waals surface area contributed by atoms with Gasteiger partial charge in [0.15, 0.2) is 17.5 Å². The van der Waals surface area contributed by atoms with E-state index >= 15 is 0 Å². The van der Waals surface area contributed by atoms with Crippen molar-refractivity contribution in [3.8, 4) is 11.3 Å². The molecule has 2 aromatic heterocycles. The Morgan fingerprint density at radius 3 is 2.75 bits per heavy atom. The zero-order chi connectivity index (χ0) is 16.8. The largest absolute Gasteiger partial charge is 0.456 e. The van der Waals surface area contributed by atoms with Crippen LogP contribution in [0.5, 0.6) is 0 Å². The van der Waals surface area contributed by atoms with Crippen LogP contribution in [0.3, 0.4) is 0 Å². The third kappa shape index (κ3) is 1.99. The van der Waals surface area contributed by atoms with Crippen LogP contribution >= 0.6 is 0 Å². The van der Waals surface area contributed by atoms with Gasteiger partial charge in [-0.15, -0.1) is 0 Å². The van der Waals surface area contributed by atoms with Gasteiger partial charge in [0.2, 0.25) is 5.69 Å². The quantitative estimate of drug-likeness (QED) is 0.354. The third-order valence-electron chi connectivity index (χ3n) is 4.32. The van der Waals surface area contributed by atoms with E-state index in [1.165, 1.54) is 0 Å². The summed E-state index contributed by atoms with van der Waals surface area (Å²) < 4.78 is 22.6. The lowest BCUT2D eigenvalue weighted by atomic mass is 10.00. The standard InChI is InChI=1S/C20H14FN2O/c1-12-10-15(21)19-14-8-7-13(22-2)11-17(14)24-20(19)18(12)16-6-4-5-9-23(16)3/h4-11H,1,3H3/q+1. The molecule has 0 bridgehead atoms. The van der Waals surface area contributed by atoms with Gasteiger partial charge in [-0.3, -0.25) is 0 Å². The van der Waals surface area contributed by atoms with Gasteiger partial charge in [-0.2, -0.15) is 0 Å². The van der Waals surface area contributed by atoms with Gasteiger partial charge in [0.1, 0.15) is 18.4 Å². The highest BCUT2D eigenvalue weighted by molar-refractivity contribution is 6.10. The number of rotatable bonds is 1. The normalized spacial score (nSPS) is 11.1. The Balaban J connectivity index is 2.19. The van der Waals surface area contributed by atoms with E-state index in [-0.39, 0.29) is 5.82 Å². The number of halogens is 1. The Bertz CT molecular complexity index is 1150. The predicted molar refractivity (Wildman–Crippen MR) is 91.3 cm³/mol. The zero-order valence-electron chi connectivity index (χ0n) is 13.3. The van der Waals surface area contributed by atoms with E-state index in [1.54, 1.807) is 24.3 Å². The summed E-state index contributed by atoms with van der Waals surface area (Å²) in [4.78, 5) is 3.42. The lowest BCUT2D eigenvalue weighted by Gasteiger charge is -2.06. The maximum absolute atomic E-state index is 14.7. The average molecular weight is 317 g/mol. The van der Waals surface area contributed by atoms with Crippen molar-refractivity contribution in [2.75, 3.05) is 0 Å². The van der Waals surface area contributed by atoms with Crippen LogP contribution in [0, 0.1) is 19.3 Å². The summed E-state index contributed by atoms with van der Waals surface area (Å²) in [6.07, 6.45) is 1.95. The minimum atomic E-state index is -0.306. The van der Waals surface area contributed by atoms with Crippen LogP contribution in [-0.2, 0) is 7.05 Å². The van der Waals surface area contributed by atoms with Gasteiger partial charge in [0, 0.05) is 17.5 Å². The van der Waals surface area contributed by atoms with E-state index in [4.69, 9.17) is 11.0 Å². The summed E-state index contributed by atoms with van der Waals surface area (Å²) in [7, 11) is 1.95. The number of hydrogen-bond donors (Lipinski definition) is 0. The number of hydrogen-bond acceptors (Lipinski definition) is 1. The monoisotopic (exact) mass is 317 g/mol. The molecule has 0 aliphatic carbocycles. The molecule has 0 fully saturated rings. The third-order valence-corrected chi connectivity index (χ3v) is 4.32. The second-order valence-corrected chi connectivity index (χ2v) is 5.85. The van der Waals surface area contributed by atoms with Crippen molar-refractivity contribution in [2.24, 2.45) is 7.05 Å². The average Bonchev–Trinajstić information content (AvgIpc) is 2.94. The molecular formula is C20H14FN2O+. The first kappa shape index (κ1) is 14.4. The molecule has 4 heteroatoms. The van der Waals surface area contributed by atoms with Crippen molar-refractivity contribution in [3.05, 3.63) is 71.5 Å². The summed E-state index contributed by atoms with van der Waals surface area (Å²) in [5, 5.41) is 1.15. The lowest BCUT2D eigenvalue weighted by molar-refractivity contribution is -0.660. The van der Waals surface area contributed by atoms with Crippen molar-refractivity contribution in [1.29, 1.82) is 0 Å². The summed E-state index contributed by atoms with van der Waals surface area (Å²) >= 11 is 0. The van der Waals surface area contributed by atoms with Crippen LogP contribution in [0.2, 0.25) is 0 Å². The zero-order valence-corrected chi connectivity index (χ0v) is 13.3. The molecule has 0 atom stereocenters. The molecule has 2 aromatic carbocycles. The van der Waals surface area contributed by atoms with E-state index in [2.05, 4.69) is 4.85 Å². The number of furan rings is 1. The smallest absolute Gasteiger partial charge is 0.216 e. The molecule has 0 N–H and O–H groups in total. The lowest BCUT2D eigenvalue weighted by Crippen LogP contribution is -2.30. The van der Waals surface area contributed by atoms with Crippen LogP contribution in [0.15, 0.2) is 53.1 Å². The van der Waals surface area contributed by atoms with Gasteiger partial charge in [-0.1, -0.05) is 12.1 Å². The Morgan fingerprint density at radius 2 is 2.00 bits per heavy atom. The molecule has 0 aliphatic rings. The van der Waals surface area contributed by atoms with Gasteiger partial charge in [-0.05, 0) is 30.7 Å². The molecule has 2 heterocycles. The number of aryl methyl sites for hydroxylation is 2. The fourth-order valence-electron chi connectivity index (χ4n) is 3.18. The number of aromatic nitrogens is 1. The van der Waals surface area contributed by atoms with E-state index in [0.29, 0.717) is 27.6 Å². The number of nitrogens with zero attached hydrogens (tertiary/aromatic N) is 2. The molecule has 0 saturated heterocycles. The second-order valence-electron chi connectivity index (χ2n) is 5.85. The van der Waals surface area contributed by atoms with Gasteiger partial charge in [0.05, 0.1) is 17.5 Å². The first-order chi connectivity index (χ1) is 11.6. The van der Waals surface area contributed by atoms with E-state index < -0.39 is 0 Å². The number of benzene rings is 2. The first-order valence-electron chi connectivity index (χ1n) is 7.58. The maximum Gasteiger partial charge on any atom is 0.216 e. The predicted octanol–water partition coefficient (Wildman–Crippen LogP) is 5.08. The van der Waals surface area contributed by atoms with E-state index in [9.17, 15) is 4.39 Å². The van der Waals surface area contributed by atoms with Gasteiger partial charge in [0.25, 0.3) is 0 Å². The minimum Gasteiger partial charge on any atom is -0.456 e. The molecule has 0 unspecified atom stereocenters. The van der Waals surface area contributed by atoms with Crippen LogP contribution in [0.1, 0.15) is 5.56 Å². The molecule has 0 aliphatic heterocycles. The Kier molecular flexibility index (Phi) is 3.10. The van der Waals surface area contributed by atoms with Crippen molar-refractivity contribution in [1.82, 2.24) is 0 Å². The van der Waals surface area contributed by atoms with Gasteiger partial charge in [-0.25, -0.2) is 13.8 Å². The summed E-state index contributed by atoms with van der Waals surface area (Å²) in [5.74, 6) is -0.306. The molecule has 116 valence electrons. The molecule has 4 aromatic rings. The Morgan fingerprint density at radius 1 is 1.17 bits per heavy atom. The van der Waals surface area contributed by atoms with Crippen molar-refractivity contribution < 1.29 is 13.4 Å². The maximum atomic E-state index is 14.7. The van der Waals surface area contributed by atoms with Crippen LogP contribution < -0.4 is 4.57 Å². The fourth-order valence-corrected chi connectivity index (χ4v) is 3.18. The Hall–Kier alpha value is -3.19. The molecule has 0 spiro atoms. The topological polar surface area (TPSA) is 21.4 Å². The number of fused-ring (bicyclic) bond motifs is 3. The molecule has 3 nitrogen and oxygen atoms in total. The van der Waals surface area contributed by atoms with E-state index in [0.717, 1.165) is 16.8 Å². The highest BCUT2D eigenvalue weighted by Crippen LogP contribution is 2.39. The van der Waals surface area contributed by atoms with Crippen LogP contribution in [0.25, 0.3) is 38.0 Å². The highest BCUT2D eigenvalue weighted by Gasteiger charge is 2.23. The first-order valence-corrected chi connectivity index (χ1v) is 7.58. The van der Waals surface area contributed by atoms with Crippen molar-refractivity contribution in [3.63, 3.8) is 0 Å². The summed E-state index contributed by atoms with van der Waals surface area (Å²) in [6.45, 7) is 9.02. The summed E-state index contributed by atoms with van der Waals surface area (Å²) in [6, 6.07) is 12.5. The summed E-state index contributed by atoms with van der Waals surface area (Å²) in [5.41, 5.74) is 4.16. The Labute approximate surface area is 138 Å². The molecule has 4 rings (SSSR count). The fraction of sp³-hybridized carbons (Fsp3) is 0.100. The molecule has 0 radical (unpaired) electrons. The van der Waals surface area contributed by atoms with Crippen molar-refractivity contribution >= 4 is 27.6 Å². The number of pyridine rings is 1. The van der Waals surface area contributed by atoms with Crippen LogP contribution in [-0.4, -0.2) is 0 Å².